The molecule has 1 heterocycles. The molecular weight excluding hydrogens is 238 g/mol. The number of hydrogen-bond donors (Lipinski definition) is 3. The molecular formula is C9H17N7O2. The van der Waals surface area contributed by atoms with Crippen molar-refractivity contribution in [2.45, 2.75) is 0 Å². The van der Waals surface area contributed by atoms with Gasteiger partial charge in [0.1, 0.15) is 6.61 Å². The highest BCUT2D eigenvalue weighted by Crippen LogP contribution is 2.10. The van der Waals surface area contributed by atoms with Gasteiger partial charge in [-0.05, 0) is 0 Å². The second kappa shape index (κ2) is 6.42. The molecule has 1 aromatic heterocycles. The van der Waals surface area contributed by atoms with Crippen molar-refractivity contribution in [1.82, 2.24) is 15.0 Å². The van der Waals surface area contributed by atoms with Gasteiger partial charge in [0.2, 0.25) is 17.8 Å². The number of amides is 1. The minimum atomic E-state index is -0.808. The molecule has 0 saturated heterocycles. The van der Waals surface area contributed by atoms with Gasteiger partial charge in [-0.2, -0.15) is 15.0 Å². The first-order valence-electron chi connectivity index (χ1n) is 5.30. The Morgan fingerprint density at radius 3 is 2.56 bits per heavy atom. The highest BCUT2D eigenvalue weighted by Gasteiger charge is 2.06. The van der Waals surface area contributed by atoms with Gasteiger partial charge in [-0.15, -0.1) is 0 Å². The first kappa shape index (κ1) is 13.7. The number of nitrogens with one attached hydrogen (secondary N) is 2. The number of carbonyl (C=O) groups excluding carboxylic acids is 1. The van der Waals surface area contributed by atoms with Crippen LogP contribution in [0, 0.1) is 0 Å². The third-order valence-electron chi connectivity index (χ3n) is 1.88. The highest BCUT2D eigenvalue weighted by molar-refractivity contribution is 5.64. The summed E-state index contributed by atoms with van der Waals surface area (Å²) in [7, 11) is 5.37. The second-order valence-corrected chi connectivity index (χ2v) is 3.52. The van der Waals surface area contributed by atoms with E-state index >= 15 is 0 Å². The quantitative estimate of drug-likeness (QED) is 0.581. The third kappa shape index (κ3) is 4.28. The SMILES string of the molecule is CNc1nc(NCCOC(N)=O)nc(N(C)C)n1. The van der Waals surface area contributed by atoms with E-state index in [4.69, 9.17) is 5.73 Å². The molecule has 0 aliphatic heterocycles. The molecule has 0 bridgehead atoms. The summed E-state index contributed by atoms with van der Waals surface area (Å²) in [4.78, 5) is 24.6. The van der Waals surface area contributed by atoms with E-state index in [2.05, 4.69) is 30.3 Å². The van der Waals surface area contributed by atoms with Crippen LogP contribution in [0.25, 0.3) is 0 Å². The molecule has 0 radical (unpaired) electrons. The van der Waals surface area contributed by atoms with Crippen molar-refractivity contribution in [1.29, 1.82) is 0 Å². The van der Waals surface area contributed by atoms with E-state index in [1.54, 1.807) is 11.9 Å². The summed E-state index contributed by atoms with van der Waals surface area (Å²) < 4.78 is 4.58. The van der Waals surface area contributed by atoms with Crippen LogP contribution < -0.4 is 21.3 Å². The fraction of sp³-hybridized carbons (Fsp3) is 0.556. The van der Waals surface area contributed by atoms with E-state index in [-0.39, 0.29) is 6.61 Å². The standard InChI is InChI=1S/C9H17N7O2/c1-11-7-13-8(12-4-5-18-6(10)17)15-9(14-7)16(2)3/h4-5H2,1-3H3,(H2,10,17)(H2,11,12,13,14,15). The lowest BCUT2D eigenvalue weighted by Gasteiger charge is -2.13. The summed E-state index contributed by atoms with van der Waals surface area (Å²) >= 11 is 0. The molecule has 0 unspecified atom stereocenters. The molecule has 1 rings (SSSR count). The maximum Gasteiger partial charge on any atom is 0.404 e. The van der Waals surface area contributed by atoms with Gasteiger partial charge < -0.3 is 26.0 Å². The van der Waals surface area contributed by atoms with Crippen molar-refractivity contribution in [2.24, 2.45) is 5.73 Å². The summed E-state index contributed by atoms with van der Waals surface area (Å²) in [6, 6.07) is 0. The Balaban J connectivity index is 2.63. The van der Waals surface area contributed by atoms with Gasteiger partial charge in [0.25, 0.3) is 0 Å². The lowest BCUT2D eigenvalue weighted by atomic mass is 10.6. The van der Waals surface area contributed by atoms with Crippen LogP contribution in [0.5, 0.6) is 0 Å². The molecule has 1 aromatic rings. The van der Waals surface area contributed by atoms with Gasteiger partial charge in [-0.3, -0.25) is 0 Å². The molecule has 0 spiro atoms. The van der Waals surface area contributed by atoms with Crippen molar-refractivity contribution in [2.75, 3.05) is 49.8 Å². The molecule has 0 atom stereocenters. The van der Waals surface area contributed by atoms with E-state index < -0.39 is 6.09 Å². The Bertz CT molecular complexity index is 410. The number of nitrogens with two attached hydrogens (primary N) is 1. The summed E-state index contributed by atoms with van der Waals surface area (Å²) in [6.45, 7) is 0.510. The van der Waals surface area contributed by atoms with Crippen LogP contribution in [-0.2, 0) is 4.74 Å². The van der Waals surface area contributed by atoms with Crippen LogP contribution in [0.15, 0.2) is 0 Å². The Morgan fingerprint density at radius 1 is 1.33 bits per heavy atom. The number of rotatable bonds is 6. The van der Waals surface area contributed by atoms with Gasteiger partial charge >= 0.3 is 6.09 Å². The smallest absolute Gasteiger partial charge is 0.404 e. The number of primary amides is 1. The van der Waals surface area contributed by atoms with Gasteiger partial charge in [-0.1, -0.05) is 0 Å². The van der Waals surface area contributed by atoms with Crippen molar-refractivity contribution < 1.29 is 9.53 Å². The van der Waals surface area contributed by atoms with Crippen molar-refractivity contribution in [3.05, 3.63) is 0 Å². The summed E-state index contributed by atoms with van der Waals surface area (Å²) in [5.41, 5.74) is 4.83. The van der Waals surface area contributed by atoms with Crippen LogP contribution in [0.1, 0.15) is 0 Å². The summed E-state index contributed by atoms with van der Waals surface area (Å²) in [6.07, 6.45) is -0.808. The molecule has 0 aliphatic carbocycles. The second-order valence-electron chi connectivity index (χ2n) is 3.52. The number of anilines is 3. The highest BCUT2D eigenvalue weighted by atomic mass is 16.5. The van der Waals surface area contributed by atoms with E-state index in [0.29, 0.717) is 24.4 Å². The Morgan fingerprint density at radius 2 is 2.00 bits per heavy atom. The van der Waals surface area contributed by atoms with Gasteiger partial charge in [0, 0.05) is 21.1 Å². The molecule has 100 valence electrons. The zero-order chi connectivity index (χ0) is 13.5. The lowest BCUT2D eigenvalue weighted by molar-refractivity contribution is 0.161. The molecule has 9 nitrogen and oxygen atoms in total. The number of nitrogens with zero attached hydrogens (tertiary/aromatic N) is 4. The number of ether oxygens (including phenoxy) is 1. The number of aromatic nitrogens is 3. The minimum absolute atomic E-state index is 0.146. The average Bonchev–Trinajstić information content (AvgIpc) is 2.34. The van der Waals surface area contributed by atoms with Crippen molar-refractivity contribution >= 4 is 23.9 Å². The van der Waals surface area contributed by atoms with Crippen molar-refractivity contribution in [3.8, 4) is 0 Å². The maximum absolute atomic E-state index is 10.4. The predicted molar refractivity (Wildman–Crippen MR) is 67.7 cm³/mol. The van der Waals surface area contributed by atoms with Crippen LogP contribution in [0.4, 0.5) is 22.6 Å². The Hall–Kier alpha value is -2.32. The molecule has 0 fully saturated rings. The molecule has 9 heteroatoms. The minimum Gasteiger partial charge on any atom is -0.448 e. The monoisotopic (exact) mass is 255 g/mol. The van der Waals surface area contributed by atoms with Crippen LogP contribution in [0.2, 0.25) is 0 Å². The van der Waals surface area contributed by atoms with E-state index in [1.807, 2.05) is 14.1 Å². The van der Waals surface area contributed by atoms with Crippen LogP contribution in [0.3, 0.4) is 0 Å². The van der Waals surface area contributed by atoms with E-state index in [1.165, 1.54) is 0 Å². The number of hydrogen-bond acceptors (Lipinski definition) is 8. The topological polar surface area (TPSA) is 118 Å². The third-order valence-corrected chi connectivity index (χ3v) is 1.88. The zero-order valence-electron chi connectivity index (χ0n) is 10.6. The van der Waals surface area contributed by atoms with Gasteiger partial charge in [0.15, 0.2) is 0 Å². The molecule has 0 saturated carbocycles. The molecule has 18 heavy (non-hydrogen) atoms. The molecule has 4 N–H and O–H groups in total. The van der Waals surface area contributed by atoms with Crippen LogP contribution in [-0.4, -0.2) is 55.3 Å². The zero-order valence-corrected chi connectivity index (χ0v) is 10.6. The molecule has 0 aromatic carbocycles. The van der Waals surface area contributed by atoms with E-state index in [0.717, 1.165) is 0 Å². The van der Waals surface area contributed by atoms with Crippen molar-refractivity contribution in [3.63, 3.8) is 0 Å². The first-order chi connectivity index (χ1) is 8.52. The predicted octanol–water partition coefficient (Wildman–Crippen LogP) is -0.513. The fourth-order valence-corrected chi connectivity index (χ4v) is 1.07. The van der Waals surface area contributed by atoms with Crippen LogP contribution >= 0.6 is 0 Å². The largest absolute Gasteiger partial charge is 0.448 e. The average molecular weight is 255 g/mol. The summed E-state index contributed by atoms with van der Waals surface area (Å²) in [5, 5.41) is 5.75. The maximum atomic E-state index is 10.4. The molecule has 0 aliphatic rings. The molecule has 1 amide bonds. The number of carbonyl (C=O) groups is 1. The van der Waals surface area contributed by atoms with Gasteiger partial charge in [0.05, 0.1) is 6.54 Å². The normalized spacial score (nSPS) is 9.72. The first-order valence-corrected chi connectivity index (χ1v) is 5.30. The van der Waals surface area contributed by atoms with Gasteiger partial charge in [-0.25, -0.2) is 4.79 Å². The Labute approximate surface area is 105 Å². The lowest BCUT2D eigenvalue weighted by Crippen LogP contribution is -2.20. The summed E-state index contributed by atoms with van der Waals surface area (Å²) in [5.74, 6) is 1.37. The fourth-order valence-electron chi connectivity index (χ4n) is 1.07. The van der Waals surface area contributed by atoms with E-state index in [9.17, 15) is 4.79 Å². The Kier molecular flexibility index (Phi) is 4.90.